The van der Waals surface area contributed by atoms with E-state index < -0.39 is 0 Å². The van der Waals surface area contributed by atoms with Crippen LogP contribution in [-0.2, 0) is 0 Å². The maximum absolute atomic E-state index is 12.6. The molecule has 1 aliphatic heterocycles. The van der Waals surface area contributed by atoms with E-state index in [4.69, 9.17) is 4.74 Å². The Morgan fingerprint density at radius 2 is 2.09 bits per heavy atom. The number of benzene rings is 2. The first kappa shape index (κ1) is 14.7. The molecule has 1 amide bonds. The van der Waals surface area contributed by atoms with Gasteiger partial charge in [0.1, 0.15) is 5.75 Å². The number of thiophene rings is 1. The second kappa shape index (κ2) is 5.98. The Hall–Kier alpha value is -1.85. The van der Waals surface area contributed by atoms with E-state index in [0.29, 0.717) is 6.61 Å². The summed E-state index contributed by atoms with van der Waals surface area (Å²) < 4.78 is 7.80. The molecule has 0 aliphatic carbocycles. The van der Waals surface area contributed by atoms with E-state index in [2.05, 4.69) is 21.2 Å². The zero-order chi connectivity index (χ0) is 15.8. The second-order valence-electron chi connectivity index (χ2n) is 5.49. The fourth-order valence-electron chi connectivity index (χ4n) is 2.84. The van der Waals surface area contributed by atoms with Gasteiger partial charge in [0.15, 0.2) is 0 Å². The van der Waals surface area contributed by atoms with Crippen molar-refractivity contribution in [1.82, 2.24) is 5.32 Å². The summed E-state index contributed by atoms with van der Waals surface area (Å²) in [6, 6.07) is 15.9. The van der Waals surface area contributed by atoms with Gasteiger partial charge < -0.3 is 10.1 Å². The molecule has 3 aromatic rings. The number of hydrogen-bond acceptors (Lipinski definition) is 3. The molecule has 116 valence electrons. The number of nitrogens with one attached hydrogen (secondary N) is 1. The molecule has 5 heteroatoms. The Bertz CT molecular complexity index is 857. The molecule has 0 bridgehead atoms. The summed E-state index contributed by atoms with van der Waals surface area (Å²) in [5.74, 6) is 0.824. The van der Waals surface area contributed by atoms with Gasteiger partial charge >= 0.3 is 0 Å². The molecule has 1 atom stereocenters. The molecule has 4 rings (SSSR count). The van der Waals surface area contributed by atoms with Crippen LogP contribution < -0.4 is 10.1 Å². The molecule has 23 heavy (non-hydrogen) atoms. The molecule has 2 aromatic carbocycles. The Morgan fingerprint density at radius 3 is 2.96 bits per heavy atom. The molecule has 1 aromatic heterocycles. The van der Waals surface area contributed by atoms with Crippen LogP contribution in [0.5, 0.6) is 5.75 Å². The zero-order valence-electron chi connectivity index (χ0n) is 12.2. The molecule has 0 fully saturated rings. The van der Waals surface area contributed by atoms with Crippen LogP contribution in [0.1, 0.15) is 27.7 Å². The molecule has 1 aliphatic rings. The fourth-order valence-corrected chi connectivity index (χ4v) is 4.18. The van der Waals surface area contributed by atoms with Gasteiger partial charge in [-0.25, -0.2) is 0 Å². The summed E-state index contributed by atoms with van der Waals surface area (Å²) in [6.45, 7) is 0.617. The number of carbonyl (C=O) groups is 1. The predicted molar refractivity (Wildman–Crippen MR) is 96.3 cm³/mol. The van der Waals surface area contributed by atoms with Gasteiger partial charge in [0, 0.05) is 21.2 Å². The first-order valence-electron chi connectivity index (χ1n) is 7.42. The van der Waals surface area contributed by atoms with Gasteiger partial charge in [0.25, 0.3) is 5.91 Å². The Balaban J connectivity index is 1.61. The average Bonchev–Trinajstić information content (AvgIpc) is 2.99. The first-order valence-corrected chi connectivity index (χ1v) is 9.03. The summed E-state index contributed by atoms with van der Waals surface area (Å²) >= 11 is 5.01. The molecular formula is C18H14BrNO2S. The number of amides is 1. The van der Waals surface area contributed by atoms with Gasteiger partial charge in [-0.2, -0.15) is 0 Å². The number of ether oxygens (including phenoxy) is 1. The summed E-state index contributed by atoms with van der Waals surface area (Å²) in [5, 5.41) is 4.26. The Morgan fingerprint density at radius 1 is 1.22 bits per heavy atom. The summed E-state index contributed by atoms with van der Waals surface area (Å²) in [4.78, 5) is 13.4. The summed E-state index contributed by atoms with van der Waals surface area (Å²) in [5.41, 5.74) is 1.03. The van der Waals surface area contributed by atoms with Gasteiger partial charge in [-0.05, 0) is 35.7 Å². The minimum atomic E-state index is -0.0241. The van der Waals surface area contributed by atoms with Crippen LogP contribution in [0, 0.1) is 0 Å². The Labute approximate surface area is 146 Å². The maximum atomic E-state index is 12.6. The van der Waals surface area contributed by atoms with E-state index in [1.165, 1.54) is 11.3 Å². The molecule has 1 N–H and O–H groups in total. The van der Waals surface area contributed by atoms with Crippen LogP contribution in [-0.4, -0.2) is 12.5 Å². The minimum Gasteiger partial charge on any atom is -0.493 e. The smallest absolute Gasteiger partial charge is 0.261 e. The molecule has 0 radical (unpaired) electrons. The van der Waals surface area contributed by atoms with Gasteiger partial charge in [0.05, 0.1) is 17.5 Å². The number of hydrogen-bond donors (Lipinski definition) is 1. The molecule has 2 heterocycles. The van der Waals surface area contributed by atoms with Crippen molar-refractivity contribution in [3.8, 4) is 5.75 Å². The van der Waals surface area contributed by atoms with Gasteiger partial charge in [-0.15, -0.1) is 11.3 Å². The van der Waals surface area contributed by atoms with Crippen LogP contribution in [0.2, 0.25) is 0 Å². The lowest BCUT2D eigenvalue weighted by Gasteiger charge is -2.26. The maximum Gasteiger partial charge on any atom is 0.261 e. The monoisotopic (exact) mass is 387 g/mol. The van der Waals surface area contributed by atoms with Crippen molar-refractivity contribution in [3.05, 3.63) is 63.4 Å². The third-order valence-corrected chi connectivity index (χ3v) is 5.57. The van der Waals surface area contributed by atoms with Gasteiger partial charge in [0.2, 0.25) is 0 Å². The van der Waals surface area contributed by atoms with Crippen molar-refractivity contribution in [3.63, 3.8) is 0 Å². The summed E-state index contributed by atoms with van der Waals surface area (Å²) in [7, 11) is 0. The molecule has 0 saturated carbocycles. The van der Waals surface area contributed by atoms with E-state index in [-0.39, 0.29) is 11.9 Å². The van der Waals surface area contributed by atoms with Crippen molar-refractivity contribution >= 4 is 43.3 Å². The normalized spacial score (nSPS) is 16.7. The number of carbonyl (C=O) groups excluding carboxylic acids is 1. The lowest BCUT2D eigenvalue weighted by atomic mass is 10.0. The van der Waals surface area contributed by atoms with Crippen molar-refractivity contribution in [2.24, 2.45) is 0 Å². The number of halogens is 1. The molecular weight excluding hydrogens is 374 g/mol. The SMILES string of the molecule is O=C(NC1CCOc2ccc(Br)cc21)c1cc2ccccc2s1. The molecule has 0 spiro atoms. The number of fused-ring (bicyclic) bond motifs is 2. The second-order valence-corrected chi connectivity index (χ2v) is 7.49. The molecule has 0 saturated heterocycles. The largest absolute Gasteiger partial charge is 0.493 e. The van der Waals surface area contributed by atoms with Crippen molar-refractivity contribution < 1.29 is 9.53 Å². The van der Waals surface area contributed by atoms with Gasteiger partial charge in [-0.1, -0.05) is 34.1 Å². The highest BCUT2D eigenvalue weighted by Crippen LogP contribution is 2.34. The quantitative estimate of drug-likeness (QED) is 0.677. The number of rotatable bonds is 2. The van der Waals surface area contributed by atoms with Crippen LogP contribution in [0.25, 0.3) is 10.1 Å². The van der Waals surface area contributed by atoms with Crippen LogP contribution in [0.15, 0.2) is 53.0 Å². The van der Waals surface area contributed by atoms with E-state index >= 15 is 0 Å². The highest BCUT2D eigenvalue weighted by atomic mass is 79.9. The van der Waals surface area contributed by atoms with Crippen molar-refractivity contribution in [1.29, 1.82) is 0 Å². The van der Waals surface area contributed by atoms with E-state index in [0.717, 1.165) is 37.2 Å². The van der Waals surface area contributed by atoms with Crippen molar-refractivity contribution in [2.75, 3.05) is 6.61 Å². The summed E-state index contributed by atoms with van der Waals surface area (Å²) in [6.07, 6.45) is 0.778. The highest BCUT2D eigenvalue weighted by molar-refractivity contribution is 9.10. The highest BCUT2D eigenvalue weighted by Gasteiger charge is 2.24. The molecule has 1 unspecified atom stereocenters. The lowest BCUT2D eigenvalue weighted by molar-refractivity contribution is 0.0929. The zero-order valence-corrected chi connectivity index (χ0v) is 14.6. The van der Waals surface area contributed by atoms with Crippen LogP contribution in [0.4, 0.5) is 0 Å². The van der Waals surface area contributed by atoms with Crippen LogP contribution in [0.3, 0.4) is 0 Å². The molecule has 3 nitrogen and oxygen atoms in total. The topological polar surface area (TPSA) is 38.3 Å². The Kier molecular flexibility index (Phi) is 3.83. The van der Waals surface area contributed by atoms with Crippen LogP contribution >= 0.6 is 27.3 Å². The lowest BCUT2D eigenvalue weighted by Crippen LogP contribution is -2.31. The van der Waals surface area contributed by atoms with Gasteiger partial charge in [-0.3, -0.25) is 4.79 Å². The fraction of sp³-hybridized carbons (Fsp3) is 0.167. The predicted octanol–water partition coefficient (Wildman–Crippen LogP) is 4.92. The average molecular weight is 388 g/mol. The van der Waals surface area contributed by atoms with Crippen molar-refractivity contribution in [2.45, 2.75) is 12.5 Å². The minimum absolute atomic E-state index is 0.0195. The third-order valence-electron chi connectivity index (χ3n) is 3.97. The standard InChI is InChI=1S/C18H14BrNO2S/c19-12-5-6-15-13(10-12)14(7-8-22-15)20-18(21)17-9-11-3-1-2-4-16(11)23-17/h1-6,9-10,14H,7-8H2,(H,20,21). The van der Waals surface area contributed by atoms with E-state index in [1.54, 1.807) is 0 Å². The van der Waals surface area contributed by atoms with E-state index in [1.807, 2.05) is 48.5 Å². The first-order chi connectivity index (χ1) is 11.2. The third kappa shape index (κ3) is 2.86. The van der Waals surface area contributed by atoms with E-state index in [9.17, 15) is 4.79 Å².